The number of rotatable bonds is 7. The molecule has 1 aliphatic carbocycles. The lowest BCUT2D eigenvalue weighted by atomic mass is 9.96. The molecule has 0 bridgehead atoms. The van der Waals surface area contributed by atoms with Gasteiger partial charge in [-0.3, -0.25) is 19.3 Å². The molecule has 0 unspecified atom stereocenters. The van der Waals surface area contributed by atoms with Crippen molar-refractivity contribution in [1.29, 1.82) is 0 Å². The zero-order chi connectivity index (χ0) is 19.6. The standard InChI is InChI=1S/C19H23N3O5/c1-12(13-6-4-3-5-7-13)20-15(23)11-27-16(24)10-22-17(25)19(2,14-8-9-14)21-18(22)26/h3-7,12,14H,8-11H2,1-2H3,(H,20,23)(H,21,26)/t12-,19+/m0/s1. The van der Waals surface area contributed by atoms with E-state index in [2.05, 4.69) is 10.6 Å². The number of hydrogen-bond donors (Lipinski definition) is 2. The number of hydrogen-bond acceptors (Lipinski definition) is 5. The first-order chi connectivity index (χ1) is 12.8. The van der Waals surface area contributed by atoms with Gasteiger partial charge in [0.15, 0.2) is 6.61 Å². The highest BCUT2D eigenvalue weighted by Gasteiger charge is 2.56. The predicted molar refractivity (Wildman–Crippen MR) is 95.3 cm³/mol. The van der Waals surface area contributed by atoms with Crippen molar-refractivity contribution < 1.29 is 23.9 Å². The zero-order valence-corrected chi connectivity index (χ0v) is 15.4. The van der Waals surface area contributed by atoms with Crippen LogP contribution in [0.1, 0.15) is 38.3 Å². The number of esters is 1. The van der Waals surface area contributed by atoms with Gasteiger partial charge < -0.3 is 15.4 Å². The van der Waals surface area contributed by atoms with Crippen LogP contribution in [0.15, 0.2) is 30.3 Å². The van der Waals surface area contributed by atoms with Crippen molar-refractivity contribution in [3.8, 4) is 0 Å². The summed E-state index contributed by atoms with van der Waals surface area (Å²) in [5, 5.41) is 5.38. The quantitative estimate of drug-likeness (QED) is 0.551. The molecule has 1 saturated heterocycles. The van der Waals surface area contributed by atoms with Crippen molar-refractivity contribution in [2.24, 2.45) is 5.92 Å². The number of imide groups is 1. The normalized spacial score (nSPS) is 23.0. The maximum Gasteiger partial charge on any atom is 0.326 e. The molecule has 1 saturated carbocycles. The first-order valence-electron chi connectivity index (χ1n) is 8.95. The van der Waals surface area contributed by atoms with E-state index in [0.717, 1.165) is 23.3 Å². The first kappa shape index (κ1) is 18.9. The smallest absolute Gasteiger partial charge is 0.326 e. The Labute approximate surface area is 157 Å². The average molecular weight is 373 g/mol. The Balaban J connectivity index is 1.46. The summed E-state index contributed by atoms with van der Waals surface area (Å²) >= 11 is 0. The molecule has 1 aromatic rings. The lowest BCUT2D eigenvalue weighted by Crippen LogP contribution is -2.46. The van der Waals surface area contributed by atoms with Crippen molar-refractivity contribution in [3.63, 3.8) is 0 Å². The molecule has 2 N–H and O–H groups in total. The maximum absolute atomic E-state index is 12.5. The van der Waals surface area contributed by atoms with Gasteiger partial charge in [0.2, 0.25) is 0 Å². The summed E-state index contributed by atoms with van der Waals surface area (Å²) in [4.78, 5) is 49.2. The number of carbonyl (C=O) groups is 4. The van der Waals surface area contributed by atoms with Crippen LogP contribution in [0.3, 0.4) is 0 Å². The van der Waals surface area contributed by atoms with Crippen LogP contribution in [0.4, 0.5) is 4.79 Å². The fraction of sp³-hybridized carbons (Fsp3) is 0.474. The molecule has 2 aliphatic rings. The Kier molecular flexibility index (Phi) is 5.16. The van der Waals surface area contributed by atoms with E-state index in [0.29, 0.717) is 0 Å². The third kappa shape index (κ3) is 4.10. The number of amides is 4. The van der Waals surface area contributed by atoms with Crippen molar-refractivity contribution in [1.82, 2.24) is 15.5 Å². The van der Waals surface area contributed by atoms with Crippen molar-refractivity contribution in [3.05, 3.63) is 35.9 Å². The molecular formula is C19H23N3O5. The largest absolute Gasteiger partial charge is 0.454 e. The monoisotopic (exact) mass is 373 g/mol. The SMILES string of the molecule is C[C@H](NC(=O)COC(=O)CN1C(=O)N[C@](C)(C2CC2)C1=O)c1ccccc1. The van der Waals surface area contributed by atoms with Crippen LogP contribution in [0.25, 0.3) is 0 Å². The molecule has 27 heavy (non-hydrogen) atoms. The van der Waals surface area contributed by atoms with Gasteiger partial charge in [-0.15, -0.1) is 0 Å². The molecular weight excluding hydrogens is 350 g/mol. The molecule has 8 heteroatoms. The maximum atomic E-state index is 12.5. The number of nitrogens with one attached hydrogen (secondary N) is 2. The Morgan fingerprint density at radius 3 is 2.59 bits per heavy atom. The van der Waals surface area contributed by atoms with E-state index in [4.69, 9.17) is 4.74 Å². The second kappa shape index (κ2) is 7.38. The fourth-order valence-electron chi connectivity index (χ4n) is 3.23. The Morgan fingerprint density at radius 2 is 1.96 bits per heavy atom. The van der Waals surface area contributed by atoms with Gasteiger partial charge in [0.25, 0.3) is 11.8 Å². The van der Waals surface area contributed by atoms with E-state index in [1.807, 2.05) is 37.3 Å². The molecule has 2 atom stereocenters. The molecule has 1 aliphatic heterocycles. The van der Waals surface area contributed by atoms with Crippen LogP contribution in [0.2, 0.25) is 0 Å². The van der Waals surface area contributed by atoms with Gasteiger partial charge in [-0.2, -0.15) is 0 Å². The predicted octanol–water partition coefficient (Wildman–Crippen LogP) is 1.13. The Hall–Kier alpha value is -2.90. The Bertz CT molecular complexity index is 762. The molecule has 8 nitrogen and oxygen atoms in total. The number of nitrogens with zero attached hydrogens (tertiary/aromatic N) is 1. The molecule has 2 fully saturated rings. The van der Waals surface area contributed by atoms with Crippen molar-refractivity contribution >= 4 is 23.8 Å². The zero-order valence-electron chi connectivity index (χ0n) is 15.4. The summed E-state index contributed by atoms with van der Waals surface area (Å²) < 4.78 is 4.92. The second-order valence-corrected chi connectivity index (χ2v) is 7.16. The van der Waals surface area contributed by atoms with E-state index in [9.17, 15) is 19.2 Å². The van der Waals surface area contributed by atoms with Gasteiger partial charge in [-0.1, -0.05) is 30.3 Å². The fourth-order valence-corrected chi connectivity index (χ4v) is 3.23. The molecule has 0 radical (unpaired) electrons. The van der Waals surface area contributed by atoms with Crippen LogP contribution in [0, 0.1) is 5.92 Å². The minimum atomic E-state index is -0.945. The minimum absolute atomic E-state index is 0.111. The molecule has 144 valence electrons. The third-order valence-corrected chi connectivity index (χ3v) is 5.02. The lowest BCUT2D eigenvalue weighted by Gasteiger charge is -2.20. The van der Waals surface area contributed by atoms with Crippen molar-refractivity contribution in [2.45, 2.75) is 38.3 Å². The average Bonchev–Trinajstić information content (AvgIpc) is 3.47. The number of carbonyl (C=O) groups excluding carboxylic acids is 4. The summed E-state index contributed by atoms with van der Waals surface area (Å²) in [5.74, 6) is -1.57. The Morgan fingerprint density at radius 1 is 1.30 bits per heavy atom. The van der Waals surface area contributed by atoms with Crippen LogP contribution >= 0.6 is 0 Å². The van der Waals surface area contributed by atoms with Crippen LogP contribution in [-0.2, 0) is 19.1 Å². The van der Waals surface area contributed by atoms with Gasteiger partial charge >= 0.3 is 12.0 Å². The lowest BCUT2D eigenvalue weighted by molar-refractivity contribution is -0.151. The summed E-state index contributed by atoms with van der Waals surface area (Å²) in [5.41, 5.74) is -0.0179. The molecule has 4 amide bonds. The number of urea groups is 1. The summed E-state index contributed by atoms with van der Waals surface area (Å²) in [6.07, 6.45) is 1.75. The molecule has 0 spiro atoms. The summed E-state index contributed by atoms with van der Waals surface area (Å²) in [6, 6.07) is 8.54. The minimum Gasteiger partial charge on any atom is -0.454 e. The highest BCUT2D eigenvalue weighted by molar-refractivity contribution is 6.08. The molecule has 1 aromatic carbocycles. The van der Waals surface area contributed by atoms with E-state index in [1.54, 1.807) is 6.92 Å². The first-order valence-corrected chi connectivity index (χ1v) is 8.95. The van der Waals surface area contributed by atoms with Crippen LogP contribution < -0.4 is 10.6 Å². The molecule has 0 aromatic heterocycles. The van der Waals surface area contributed by atoms with Crippen LogP contribution in [0.5, 0.6) is 0 Å². The van der Waals surface area contributed by atoms with Crippen molar-refractivity contribution in [2.75, 3.05) is 13.2 Å². The highest BCUT2D eigenvalue weighted by atomic mass is 16.5. The third-order valence-electron chi connectivity index (χ3n) is 5.02. The molecule has 1 heterocycles. The van der Waals surface area contributed by atoms with E-state index < -0.39 is 42.5 Å². The van der Waals surface area contributed by atoms with Gasteiger partial charge in [0.05, 0.1) is 6.04 Å². The van der Waals surface area contributed by atoms with E-state index in [1.165, 1.54) is 0 Å². The molecule has 3 rings (SSSR count). The van der Waals surface area contributed by atoms with Gasteiger partial charge in [-0.05, 0) is 38.2 Å². The summed E-state index contributed by atoms with van der Waals surface area (Å²) in [6.45, 7) is 2.52. The van der Waals surface area contributed by atoms with Gasteiger partial charge in [-0.25, -0.2) is 4.79 Å². The summed E-state index contributed by atoms with van der Waals surface area (Å²) in [7, 11) is 0. The highest BCUT2D eigenvalue weighted by Crippen LogP contribution is 2.42. The van der Waals surface area contributed by atoms with Crippen LogP contribution in [-0.4, -0.2) is 47.4 Å². The van der Waals surface area contributed by atoms with Gasteiger partial charge in [0.1, 0.15) is 12.1 Å². The number of benzene rings is 1. The van der Waals surface area contributed by atoms with E-state index in [-0.39, 0.29) is 12.0 Å². The van der Waals surface area contributed by atoms with Gasteiger partial charge in [0, 0.05) is 0 Å². The second-order valence-electron chi connectivity index (χ2n) is 7.16. The van der Waals surface area contributed by atoms with E-state index >= 15 is 0 Å². The number of ether oxygens (including phenoxy) is 1. The topological polar surface area (TPSA) is 105 Å².